The Hall–Kier alpha value is -2.39. The first-order chi connectivity index (χ1) is 14.4. The van der Waals surface area contributed by atoms with E-state index in [0.29, 0.717) is 0 Å². The summed E-state index contributed by atoms with van der Waals surface area (Å²) < 4.78 is 5.97. The molecule has 0 unspecified atom stereocenters. The number of benzene rings is 3. The van der Waals surface area contributed by atoms with Crippen molar-refractivity contribution in [2.75, 3.05) is 11.5 Å². The predicted octanol–water partition coefficient (Wildman–Crippen LogP) is 8.36. The Morgan fingerprint density at radius 2 is 1.28 bits per heavy atom. The van der Waals surface area contributed by atoms with Crippen LogP contribution in [0.25, 0.3) is 0 Å². The van der Waals surface area contributed by atoms with Crippen LogP contribution in [0.1, 0.15) is 45.4 Å². The molecule has 3 heteroatoms. The van der Waals surface area contributed by atoms with Crippen LogP contribution >= 0.6 is 11.8 Å². The molecule has 0 saturated heterocycles. The molecule has 1 aliphatic rings. The highest BCUT2D eigenvalue weighted by molar-refractivity contribution is 7.99. The largest absolute Gasteiger partial charge is 0.494 e. The Labute approximate surface area is 178 Å². The molecule has 0 N–H and O–H groups in total. The first-order valence-electron chi connectivity index (χ1n) is 10.8. The molecule has 29 heavy (non-hydrogen) atoms. The summed E-state index contributed by atoms with van der Waals surface area (Å²) in [5, 5.41) is 0. The third-order valence-corrected chi connectivity index (χ3v) is 6.42. The van der Waals surface area contributed by atoms with Crippen molar-refractivity contribution in [3.8, 4) is 5.75 Å². The molecule has 1 aliphatic heterocycles. The Bertz CT molecular complexity index is 877. The van der Waals surface area contributed by atoms with Crippen LogP contribution in [0.15, 0.2) is 82.6 Å². The van der Waals surface area contributed by atoms with E-state index in [1.807, 2.05) is 11.8 Å². The number of para-hydroxylation sites is 2. The molecular weight excluding hydrogens is 374 g/mol. The minimum atomic E-state index is 0.803. The van der Waals surface area contributed by atoms with Crippen LogP contribution in [0.5, 0.6) is 5.75 Å². The second-order valence-electron chi connectivity index (χ2n) is 7.48. The van der Waals surface area contributed by atoms with Gasteiger partial charge in [-0.3, -0.25) is 0 Å². The van der Waals surface area contributed by atoms with E-state index >= 15 is 0 Å². The van der Waals surface area contributed by atoms with Gasteiger partial charge in [0.25, 0.3) is 0 Å². The van der Waals surface area contributed by atoms with Crippen molar-refractivity contribution in [3.63, 3.8) is 0 Å². The maximum Gasteiger partial charge on any atom is 0.119 e. The molecule has 1 heterocycles. The Balaban J connectivity index is 1.44. The maximum absolute atomic E-state index is 5.97. The minimum Gasteiger partial charge on any atom is -0.494 e. The second-order valence-corrected chi connectivity index (χ2v) is 8.57. The van der Waals surface area contributed by atoms with Gasteiger partial charge in [0.1, 0.15) is 5.75 Å². The van der Waals surface area contributed by atoms with Crippen molar-refractivity contribution in [1.82, 2.24) is 0 Å². The summed E-state index contributed by atoms with van der Waals surface area (Å²) in [5.41, 5.74) is 3.63. The Morgan fingerprint density at radius 1 is 0.690 bits per heavy atom. The molecule has 2 nitrogen and oxygen atoms in total. The van der Waals surface area contributed by atoms with Crippen molar-refractivity contribution < 1.29 is 4.74 Å². The summed E-state index contributed by atoms with van der Waals surface area (Å²) in [4.78, 5) is 4.92. The maximum atomic E-state index is 5.97. The van der Waals surface area contributed by atoms with E-state index in [1.165, 1.54) is 53.3 Å². The standard InChI is InChI=1S/C26H29NOS/c1-2-3-4-5-6-11-20-28-22-18-16-21(17-19-22)27-23-12-7-9-14-25(23)29-26-15-10-8-13-24(26)27/h7-10,12-19H,2-6,11,20H2,1H3. The Morgan fingerprint density at radius 3 is 1.93 bits per heavy atom. The number of hydrogen-bond donors (Lipinski definition) is 0. The number of unbranched alkanes of at least 4 members (excludes halogenated alkanes) is 5. The van der Waals surface area contributed by atoms with E-state index in [0.717, 1.165) is 24.5 Å². The molecule has 0 spiro atoms. The molecule has 0 aliphatic carbocycles. The third kappa shape index (κ3) is 4.79. The van der Waals surface area contributed by atoms with Crippen molar-refractivity contribution >= 4 is 28.8 Å². The third-order valence-electron chi connectivity index (χ3n) is 5.29. The van der Waals surface area contributed by atoms with Crippen LogP contribution in [-0.2, 0) is 0 Å². The van der Waals surface area contributed by atoms with Crippen LogP contribution < -0.4 is 9.64 Å². The molecule has 0 radical (unpaired) electrons. The average Bonchev–Trinajstić information content (AvgIpc) is 2.77. The molecule has 3 aromatic carbocycles. The van der Waals surface area contributed by atoms with E-state index in [1.54, 1.807) is 0 Å². The zero-order valence-corrected chi connectivity index (χ0v) is 18.0. The molecule has 0 aromatic heterocycles. The lowest BCUT2D eigenvalue weighted by Gasteiger charge is -2.32. The van der Waals surface area contributed by atoms with Gasteiger partial charge in [-0.15, -0.1) is 0 Å². The van der Waals surface area contributed by atoms with Gasteiger partial charge in [0.15, 0.2) is 0 Å². The molecule has 3 aromatic rings. The summed E-state index contributed by atoms with van der Waals surface area (Å²) in [5.74, 6) is 0.954. The normalized spacial score (nSPS) is 12.4. The lowest BCUT2D eigenvalue weighted by atomic mass is 10.1. The van der Waals surface area contributed by atoms with Crippen LogP contribution in [0.3, 0.4) is 0 Å². The van der Waals surface area contributed by atoms with Gasteiger partial charge in [-0.1, -0.05) is 75.1 Å². The first-order valence-corrected chi connectivity index (χ1v) is 11.6. The molecule has 150 valence electrons. The van der Waals surface area contributed by atoms with Gasteiger partial charge in [-0.2, -0.15) is 0 Å². The van der Waals surface area contributed by atoms with Gasteiger partial charge in [-0.25, -0.2) is 0 Å². The van der Waals surface area contributed by atoms with E-state index in [-0.39, 0.29) is 0 Å². The number of rotatable bonds is 9. The summed E-state index contributed by atoms with van der Waals surface area (Å²) in [6.07, 6.45) is 7.72. The topological polar surface area (TPSA) is 12.5 Å². The molecular formula is C26H29NOS. The van der Waals surface area contributed by atoms with Crippen LogP contribution in [-0.4, -0.2) is 6.61 Å². The zero-order chi connectivity index (χ0) is 19.9. The number of fused-ring (bicyclic) bond motifs is 2. The van der Waals surface area contributed by atoms with Gasteiger partial charge in [0.2, 0.25) is 0 Å². The van der Waals surface area contributed by atoms with Crippen molar-refractivity contribution in [2.24, 2.45) is 0 Å². The van der Waals surface area contributed by atoms with E-state index < -0.39 is 0 Å². The quantitative estimate of drug-likeness (QED) is 0.260. The summed E-state index contributed by atoms with van der Waals surface area (Å²) in [6.45, 7) is 3.06. The Kier molecular flexibility index (Phi) is 6.79. The van der Waals surface area contributed by atoms with Gasteiger partial charge in [0.05, 0.1) is 18.0 Å². The molecule has 4 rings (SSSR count). The summed E-state index contributed by atoms with van der Waals surface area (Å²) in [6, 6.07) is 25.7. The highest BCUT2D eigenvalue weighted by atomic mass is 32.2. The van der Waals surface area contributed by atoms with E-state index in [4.69, 9.17) is 4.74 Å². The number of hydrogen-bond acceptors (Lipinski definition) is 3. The zero-order valence-electron chi connectivity index (χ0n) is 17.1. The number of nitrogens with zero attached hydrogens (tertiary/aromatic N) is 1. The fourth-order valence-corrected chi connectivity index (χ4v) is 4.80. The van der Waals surface area contributed by atoms with Crippen molar-refractivity contribution in [1.29, 1.82) is 0 Å². The van der Waals surface area contributed by atoms with Gasteiger partial charge in [-0.05, 0) is 55.0 Å². The van der Waals surface area contributed by atoms with Crippen molar-refractivity contribution in [3.05, 3.63) is 72.8 Å². The highest BCUT2D eigenvalue weighted by Gasteiger charge is 2.23. The lowest BCUT2D eigenvalue weighted by molar-refractivity contribution is 0.304. The van der Waals surface area contributed by atoms with Crippen LogP contribution in [0, 0.1) is 0 Å². The average molecular weight is 404 g/mol. The second kappa shape index (κ2) is 9.89. The number of ether oxygens (including phenoxy) is 1. The fourth-order valence-electron chi connectivity index (χ4n) is 3.75. The van der Waals surface area contributed by atoms with Crippen LogP contribution in [0.4, 0.5) is 17.1 Å². The fraction of sp³-hybridized carbons (Fsp3) is 0.308. The molecule has 0 atom stereocenters. The molecule has 0 saturated carbocycles. The number of anilines is 3. The highest BCUT2D eigenvalue weighted by Crippen LogP contribution is 2.51. The molecule has 0 fully saturated rings. The van der Waals surface area contributed by atoms with Crippen molar-refractivity contribution in [2.45, 2.75) is 55.2 Å². The lowest BCUT2D eigenvalue weighted by Crippen LogP contribution is -2.14. The SMILES string of the molecule is CCCCCCCCOc1ccc(N2c3ccccc3Sc3ccccc32)cc1. The van der Waals surface area contributed by atoms with Gasteiger partial charge < -0.3 is 9.64 Å². The van der Waals surface area contributed by atoms with Crippen LogP contribution in [0.2, 0.25) is 0 Å². The van der Waals surface area contributed by atoms with E-state index in [2.05, 4.69) is 84.6 Å². The predicted molar refractivity (Wildman–Crippen MR) is 124 cm³/mol. The smallest absolute Gasteiger partial charge is 0.119 e. The molecule has 0 bridgehead atoms. The van der Waals surface area contributed by atoms with Gasteiger partial charge in [0, 0.05) is 15.5 Å². The minimum absolute atomic E-state index is 0.803. The van der Waals surface area contributed by atoms with Gasteiger partial charge >= 0.3 is 0 Å². The monoisotopic (exact) mass is 403 g/mol. The molecule has 0 amide bonds. The van der Waals surface area contributed by atoms with E-state index in [9.17, 15) is 0 Å². The summed E-state index contributed by atoms with van der Waals surface area (Å²) >= 11 is 1.84. The first kappa shape index (κ1) is 19.9. The summed E-state index contributed by atoms with van der Waals surface area (Å²) in [7, 11) is 0.